The quantitative estimate of drug-likeness (QED) is 0.867. The lowest BCUT2D eigenvalue weighted by molar-refractivity contribution is 0.377. The first kappa shape index (κ1) is 11.9. The molecule has 0 spiro atoms. The first-order chi connectivity index (χ1) is 7.81. The first-order valence-electron chi connectivity index (χ1n) is 5.90. The van der Waals surface area contributed by atoms with E-state index in [1.54, 1.807) is 6.33 Å². The summed E-state index contributed by atoms with van der Waals surface area (Å²) < 4.78 is 1.84. The Kier molecular flexibility index (Phi) is 4.23. The molecule has 90 valence electrons. The van der Waals surface area contributed by atoms with Crippen molar-refractivity contribution in [3.8, 4) is 0 Å². The number of hydrogen-bond acceptors (Lipinski definition) is 4. The molecule has 2 unspecified atom stereocenters. The van der Waals surface area contributed by atoms with Crippen molar-refractivity contribution in [3.05, 3.63) is 12.2 Å². The third-order valence-electron chi connectivity index (χ3n) is 3.33. The van der Waals surface area contributed by atoms with Crippen LogP contribution < -0.4 is 5.32 Å². The van der Waals surface area contributed by atoms with E-state index in [1.165, 1.54) is 25.7 Å². The number of nitrogens with zero attached hydrogens (tertiary/aromatic N) is 3. The number of aryl methyl sites for hydroxylation is 1. The van der Waals surface area contributed by atoms with Gasteiger partial charge in [0.2, 0.25) is 0 Å². The van der Waals surface area contributed by atoms with Gasteiger partial charge in [0.15, 0.2) is 0 Å². The molecule has 1 N–H and O–H groups in total. The highest BCUT2D eigenvalue weighted by Gasteiger charge is 2.23. The first-order valence-corrected chi connectivity index (χ1v) is 7.19. The molecule has 16 heavy (non-hydrogen) atoms. The van der Waals surface area contributed by atoms with E-state index in [0.717, 1.165) is 17.6 Å². The molecule has 0 saturated heterocycles. The fourth-order valence-electron chi connectivity index (χ4n) is 2.32. The molecule has 2 atom stereocenters. The van der Waals surface area contributed by atoms with E-state index in [0.29, 0.717) is 6.04 Å². The fraction of sp³-hybridized carbons (Fsp3) is 0.818. The van der Waals surface area contributed by atoms with Crippen molar-refractivity contribution in [2.24, 2.45) is 7.05 Å². The van der Waals surface area contributed by atoms with Crippen LogP contribution in [-0.4, -0.2) is 32.3 Å². The van der Waals surface area contributed by atoms with Crippen LogP contribution in [-0.2, 0) is 13.6 Å². The lowest BCUT2D eigenvalue weighted by atomic mass is 9.95. The van der Waals surface area contributed by atoms with Gasteiger partial charge in [-0.3, -0.25) is 4.68 Å². The minimum atomic E-state index is 0.639. The number of aromatic nitrogens is 3. The third-order valence-corrected chi connectivity index (χ3v) is 4.50. The molecule has 0 aliphatic heterocycles. The Balaban J connectivity index is 1.86. The van der Waals surface area contributed by atoms with Gasteiger partial charge in [0.25, 0.3) is 0 Å². The molecule has 0 radical (unpaired) electrons. The average molecular weight is 240 g/mol. The summed E-state index contributed by atoms with van der Waals surface area (Å²) in [5.74, 6) is 1.02. The predicted octanol–water partition coefficient (Wildman–Crippen LogP) is 1.58. The van der Waals surface area contributed by atoms with Crippen LogP contribution >= 0.6 is 11.8 Å². The largest absolute Gasteiger partial charge is 0.306 e. The average Bonchev–Trinajstić information content (AvgIpc) is 2.72. The van der Waals surface area contributed by atoms with Crippen LogP contribution in [0.3, 0.4) is 0 Å². The number of rotatable bonds is 4. The zero-order valence-electron chi connectivity index (χ0n) is 10.0. The van der Waals surface area contributed by atoms with Crippen LogP contribution in [0.25, 0.3) is 0 Å². The molecule has 0 amide bonds. The van der Waals surface area contributed by atoms with Gasteiger partial charge < -0.3 is 5.32 Å². The van der Waals surface area contributed by atoms with E-state index in [9.17, 15) is 0 Å². The molecule has 1 fully saturated rings. The van der Waals surface area contributed by atoms with Crippen molar-refractivity contribution in [1.29, 1.82) is 0 Å². The van der Waals surface area contributed by atoms with Gasteiger partial charge in [0, 0.05) is 18.3 Å². The van der Waals surface area contributed by atoms with E-state index in [4.69, 9.17) is 0 Å². The van der Waals surface area contributed by atoms with Crippen molar-refractivity contribution < 1.29 is 0 Å². The van der Waals surface area contributed by atoms with Gasteiger partial charge in [-0.15, -0.1) is 0 Å². The lowest BCUT2D eigenvalue weighted by Crippen LogP contribution is -2.40. The normalized spacial score (nSPS) is 25.9. The molecule has 1 aromatic heterocycles. The van der Waals surface area contributed by atoms with Gasteiger partial charge in [-0.2, -0.15) is 16.9 Å². The van der Waals surface area contributed by atoms with Gasteiger partial charge >= 0.3 is 0 Å². The Labute approximate surface area is 101 Å². The van der Waals surface area contributed by atoms with Gasteiger partial charge in [-0.05, 0) is 19.1 Å². The Morgan fingerprint density at radius 3 is 3.00 bits per heavy atom. The van der Waals surface area contributed by atoms with Crippen LogP contribution in [0.2, 0.25) is 0 Å². The second-order valence-corrected chi connectivity index (χ2v) is 5.42. The summed E-state index contributed by atoms with van der Waals surface area (Å²) in [6.07, 6.45) is 9.21. The molecule has 1 heterocycles. The van der Waals surface area contributed by atoms with Gasteiger partial charge in [0.1, 0.15) is 12.2 Å². The van der Waals surface area contributed by atoms with Crippen LogP contribution in [0.1, 0.15) is 31.5 Å². The van der Waals surface area contributed by atoms with Crippen LogP contribution in [0, 0.1) is 0 Å². The van der Waals surface area contributed by atoms with Gasteiger partial charge in [0.05, 0.1) is 6.54 Å². The van der Waals surface area contributed by atoms with Crippen molar-refractivity contribution in [2.75, 3.05) is 6.26 Å². The van der Waals surface area contributed by atoms with Crippen molar-refractivity contribution in [2.45, 2.75) is 43.5 Å². The van der Waals surface area contributed by atoms with Crippen molar-refractivity contribution in [3.63, 3.8) is 0 Å². The van der Waals surface area contributed by atoms with Gasteiger partial charge in [-0.1, -0.05) is 12.8 Å². The summed E-state index contributed by atoms with van der Waals surface area (Å²) in [6, 6.07) is 0.639. The van der Waals surface area contributed by atoms with Crippen molar-refractivity contribution in [1.82, 2.24) is 20.1 Å². The maximum atomic E-state index is 4.23. The lowest BCUT2D eigenvalue weighted by Gasteiger charge is -2.30. The van der Waals surface area contributed by atoms with Crippen LogP contribution in [0.15, 0.2) is 6.33 Å². The summed E-state index contributed by atoms with van der Waals surface area (Å²) in [7, 11) is 1.94. The van der Waals surface area contributed by atoms with E-state index in [2.05, 4.69) is 21.7 Å². The topological polar surface area (TPSA) is 42.7 Å². The highest BCUT2D eigenvalue weighted by atomic mass is 32.2. The van der Waals surface area contributed by atoms with E-state index in [1.807, 2.05) is 23.5 Å². The van der Waals surface area contributed by atoms with E-state index in [-0.39, 0.29) is 0 Å². The van der Waals surface area contributed by atoms with E-state index >= 15 is 0 Å². The molecule has 1 saturated carbocycles. The maximum absolute atomic E-state index is 4.23. The fourth-order valence-corrected chi connectivity index (χ4v) is 3.28. The van der Waals surface area contributed by atoms with Crippen molar-refractivity contribution >= 4 is 11.8 Å². The molecule has 1 aromatic rings. The second-order valence-electron chi connectivity index (χ2n) is 4.35. The Bertz CT molecular complexity index is 326. The predicted molar refractivity (Wildman–Crippen MR) is 67.4 cm³/mol. The molecule has 1 aliphatic rings. The zero-order valence-corrected chi connectivity index (χ0v) is 10.8. The number of thioether (sulfide) groups is 1. The Morgan fingerprint density at radius 1 is 1.50 bits per heavy atom. The number of nitrogens with one attached hydrogen (secondary N) is 1. The molecule has 4 nitrogen and oxygen atoms in total. The van der Waals surface area contributed by atoms with Crippen LogP contribution in [0.4, 0.5) is 0 Å². The second kappa shape index (κ2) is 5.68. The summed E-state index contributed by atoms with van der Waals surface area (Å²) in [5.41, 5.74) is 0. The summed E-state index contributed by atoms with van der Waals surface area (Å²) >= 11 is 1.99. The molecule has 5 heteroatoms. The summed E-state index contributed by atoms with van der Waals surface area (Å²) in [5, 5.41) is 8.47. The Morgan fingerprint density at radius 2 is 2.31 bits per heavy atom. The molecule has 0 bridgehead atoms. The SMILES string of the molecule is CSC1CCCCC1NCc1ncnn1C. The standard InChI is InChI=1S/C11H20N4S/c1-15-11(13-8-14-15)7-12-9-5-3-4-6-10(9)16-2/h8-10,12H,3-7H2,1-2H3. The smallest absolute Gasteiger partial charge is 0.140 e. The zero-order chi connectivity index (χ0) is 11.4. The van der Waals surface area contributed by atoms with E-state index < -0.39 is 0 Å². The highest BCUT2D eigenvalue weighted by Crippen LogP contribution is 2.27. The maximum Gasteiger partial charge on any atom is 0.140 e. The van der Waals surface area contributed by atoms with Crippen LogP contribution in [0.5, 0.6) is 0 Å². The molecular weight excluding hydrogens is 220 g/mol. The molecular formula is C11H20N4S. The minimum Gasteiger partial charge on any atom is -0.306 e. The Hall–Kier alpha value is -0.550. The molecule has 2 rings (SSSR count). The molecule has 0 aromatic carbocycles. The monoisotopic (exact) mass is 240 g/mol. The highest BCUT2D eigenvalue weighted by molar-refractivity contribution is 7.99. The van der Waals surface area contributed by atoms with Gasteiger partial charge in [-0.25, -0.2) is 4.98 Å². The summed E-state index contributed by atoms with van der Waals surface area (Å²) in [6.45, 7) is 0.832. The molecule has 1 aliphatic carbocycles. The summed E-state index contributed by atoms with van der Waals surface area (Å²) in [4.78, 5) is 4.23. The third kappa shape index (κ3) is 2.77. The minimum absolute atomic E-state index is 0.639. The number of hydrogen-bond donors (Lipinski definition) is 1.